The number of halogens is 1. The Labute approximate surface area is 111 Å². The maximum absolute atomic E-state index is 11.0. The zero-order valence-electron chi connectivity index (χ0n) is 9.50. The van der Waals surface area contributed by atoms with E-state index >= 15 is 0 Å². The van der Waals surface area contributed by atoms with Gasteiger partial charge >= 0.3 is 5.97 Å². The number of aromatic carboxylic acids is 1. The summed E-state index contributed by atoms with van der Waals surface area (Å²) in [7, 11) is 1.59. The zero-order valence-corrected chi connectivity index (χ0v) is 11.1. The van der Waals surface area contributed by atoms with E-state index in [1.165, 1.54) is 4.68 Å². The summed E-state index contributed by atoms with van der Waals surface area (Å²) >= 11 is 3.06. The van der Waals surface area contributed by atoms with Crippen molar-refractivity contribution in [1.82, 2.24) is 15.0 Å². The Balaban J connectivity index is 2.25. The molecule has 2 rings (SSSR count). The first-order chi connectivity index (χ1) is 8.61. The molecule has 0 aliphatic carbocycles. The standard InChI is InChI=1S/C11H10BrN3O3/c1-18-8-4-2-7(3-5-8)6-15-9(11(16)17)10(12)13-14-15/h2-5H,6H2,1H3,(H,16,17). The van der Waals surface area contributed by atoms with E-state index < -0.39 is 5.97 Å². The number of ether oxygens (including phenoxy) is 1. The van der Waals surface area contributed by atoms with Crippen LogP contribution < -0.4 is 4.74 Å². The first-order valence-electron chi connectivity index (χ1n) is 5.07. The second kappa shape index (κ2) is 5.18. The maximum Gasteiger partial charge on any atom is 0.357 e. The van der Waals surface area contributed by atoms with Crippen LogP contribution in [0.15, 0.2) is 28.9 Å². The van der Waals surface area contributed by atoms with E-state index in [0.717, 1.165) is 11.3 Å². The average molecular weight is 312 g/mol. The lowest BCUT2D eigenvalue weighted by atomic mass is 10.2. The molecular formula is C11H10BrN3O3. The molecule has 6 nitrogen and oxygen atoms in total. The number of carboxylic acid groups (broad SMARTS) is 1. The Hall–Kier alpha value is -1.89. The van der Waals surface area contributed by atoms with Crippen LogP contribution in [0.1, 0.15) is 16.1 Å². The van der Waals surface area contributed by atoms with Crippen LogP contribution in [0.2, 0.25) is 0 Å². The maximum atomic E-state index is 11.0. The summed E-state index contributed by atoms with van der Waals surface area (Å²) in [6.07, 6.45) is 0. The Bertz CT molecular complexity index is 565. The molecule has 0 fully saturated rings. The van der Waals surface area contributed by atoms with E-state index in [1.807, 2.05) is 24.3 Å². The van der Waals surface area contributed by atoms with Crippen LogP contribution in [-0.4, -0.2) is 33.2 Å². The SMILES string of the molecule is COc1ccc(Cn2nnc(Br)c2C(=O)O)cc1. The van der Waals surface area contributed by atoms with Crippen LogP contribution >= 0.6 is 15.9 Å². The summed E-state index contributed by atoms with van der Waals surface area (Å²) < 4.78 is 6.60. The van der Waals surface area contributed by atoms with Crippen molar-refractivity contribution >= 4 is 21.9 Å². The van der Waals surface area contributed by atoms with Gasteiger partial charge in [0, 0.05) is 0 Å². The first kappa shape index (κ1) is 12.6. The molecule has 7 heteroatoms. The van der Waals surface area contributed by atoms with Crippen LogP contribution in [0.25, 0.3) is 0 Å². The van der Waals surface area contributed by atoms with Crippen LogP contribution in [0.3, 0.4) is 0 Å². The highest BCUT2D eigenvalue weighted by atomic mass is 79.9. The van der Waals surface area contributed by atoms with Crippen LogP contribution in [0.5, 0.6) is 5.75 Å². The van der Waals surface area contributed by atoms with Gasteiger partial charge in [0.25, 0.3) is 0 Å². The predicted molar refractivity (Wildman–Crippen MR) is 66.8 cm³/mol. The number of carbonyl (C=O) groups is 1. The summed E-state index contributed by atoms with van der Waals surface area (Å²) in [6.45, 7) is 0.338. The third-order valence-electron chi connectivity index (χ3n) is 2.39. The van der Waals surface area contributed by atoms with Gasteiger partial charge < -0.3 is 9.84 Å². The minimum Gasteiger partial charge on any atom is -0.497 e. The Morgan fingerprint density at radius 3 is 2.67 bits per heavy atom. The molecule has 1 heterocycles. The minimum atomic E-state index is -1.07. The second-order valence-electron chi connectivity index (χ2n) is 3.54. The number of rotatable bonds is 4. The highest BCUT2D eigenvalue weighted by molar-refractivity contribution is 9.10. The van der Waals surface area contributed by atoms with E-state index in [0.29, 0.717) is 6.54 Å². The highest BCUT2D eigenvalue weighted by Crippen LogP contribution is 2.16. The van der Waals surface area contributed by atoms with Crippen molar-refractivity contribution in [2.75, 3.05) is 7.11 Å². The topological polar surface area (TPSA) is 77.2 Å². The molecule has 1 aromatic heterocycles. The molecule has 2 aromatic rings. The highest BCUT2D eigenvalue weighted by Gasteiger charge is 2.17. The quantitative estimate of drug-likeness (QED) is 0.931. The molecule has 1 aromatic carbocycles. The van der Waals surface area contributed by atoms with Gasteiger partial charge in [0.2, 0.25) is 0 Å². The molecule has 0 saturated heterocycles. The third kappa shape index (κ3) is 2.51. The average Bonchev–Trinajstić information content (AvgIpc) is 2.71. The van der Waals surface area contributed by atoms with Gasteiger partial charge in [0.15, 0.2) is 10.3 Å². The van der Waals surface area contributed by atoms with Crippen molar-refractivity contribution in [3.8, 4) is 5.75 Å². The van der Waals surface area contributed by atoms with Gasteiger partial charge in [-0.05, 0) is 33.6 Å². The number of carboxylic acids is 1. The summed E-state index contributed by atoms with van der Waals surface area (Å²) in [6, 6.07) is 7.31. The minimum absolute atomic E-state index is 0.0332. The van der Waals surface area contributed by atoms with Crippen molar-refractivity contribution < 1.29 is 14.6 Å². The molecule has 0 aliphatic rings. The number of aromatic nitrogens is 3. The smallest absolute Gasteiger partial charge is 0.357 e. The van der Waals surface area contributed by atoms with Crippen LogP contribution in [-0.2, 0) is 6.54 Å². The molecule has 0 radical (unpaired) electrons. The molecule has 0 saturated carbocycles. The molecule has 94 valence electrons. The van der Waals surface area contributed by atoms with Crippen molar-refractivity contribution in [3.63, 3.8) is 0 Å². The van der Waals surface area contributed by atoms with Gasteiger partial charge in [0.1, 0.15) is 5.75 Å². The van der Waals surface area contributed by atoms with Gasteiger partial charge in [0.05, 0.1) is 13.7 Å². The largest absolute Gasteiger partial charge is 0.497 e. The number of nitrogens with zero attached hydrogens (tertiary/aromatic N) is 3. The zero-order chi connectivity index (χ0) is 13.1. The molecule has 0 bridgehead atoms. The van der Waals surface area contributed by atoms with Gasteiger partial charge in [-0.15, -0.1) is 5.10 Å². The third-order valence-corrected chi connectivity index (χ3v) is 2.92. The molecule has 0 aliphatic heterocycles. The predicted octanol–water partition coefficient (Wildman–Crippen LogP) is 1.80. The van der Waals surface area contributed by atoms with E-state index in [9.17, 15) is 4.79 Å². The lowest BCUT2D eigenvalue weighted by Crippen LogP contribution is -2.11. The Morgan fingerprint density at radius 1 is 1.44 bits per heavy atom. The van der Waals surface area contributed by atoms with Crippen molar-refractivity contribution in [2.45, 2.75) is 6.54 Å². The monoisotopic (exact) mass is 311 g/mol. The lowest BCUT2D eigenvalue weighted by molar-refractivity contribution is 0.0683. The van der Waals surface area contributed by atoms with E-state index in [2.05, 4.69) is 26.2 Å². The van der Waals surface area contributed by atoms with Gasteiger partial charge in [-0.1, -0.05) is 17.3 Å². The number of methoxy groups -OCH3 is 1. The molecule has 0 unspecified atom stereocenters. The van der Waals surface area contributed by atoms with Gasteiger partial charge in [-0.2, -0.15) is 0 Å². The first-order valence-corrected chi connectivity index (χ1v) is 5.86. The number of benzene rings is 1. The fraction of sp³-hybridized carbons (Fsp3) is 0.182. The molecule has 0 atom stereocenters. The van der Waals surface area contributed by atoms with Crippen molar-refractivity contribution in [2.24, 2.45) is 0 Å². The number of hydrogen-bond donors (Lipinski definition) is 1. The summed E-state index contributed by atoms with van der Waals surface area (Å²) in [5.74, 6) is -0.322. The van der Waals surface area contributed by atoms with Crippen molar-refractivity contribution in [1.29, 1.82) is 0 Å². The van der Waals surface area contributed by atoms with Gasteiger partial charge in [-0.3, -0.25) is 0 Å². The van der Waals surface area contributed by atoms with E-state index in [4.69, 9.17) is 9.84 Å². The van der Waals surface area contributed by atoms with E-state index in [-0.39, 0.29) is 10.3 Å². The van der Waals surface area contributed by atoms with Crippen LogP contribution in [0.4, 0.5) is 0 Å². The fourth-order valence-corrected chi connectivity index (χ4v) is 1.95. The summed E-state index contributed by atoms with van der Waals surface area (Å²) in [5.41, 5.74) is 0.946. The number of hydrogen-bond acceptors (Lipinski definition) is 4. The van der Waals surface area contributed by atoms with Gasteiger partial charge in [-0.25, -0.2) is 9.48 Å². The normalized spacial score (nSPS) is 10.3. The lowest BCUT2D eigenvalue weighted by Gasteiger charge is -2.05. The Morgan fingerprint density at radius 2 is 2.11 bits per heavy atom. The van der Waals surface area contributed by atoms with Crippen LogP contribution in [0, 0.1) is 0 Å². The Kier molecular flexibility index (Phi) is 3.61. The molecular weight excluding hydrogens is 302 g/mol. The second-order valence-corrected chi connectivity index (χ2v) is 4.29. The summed E-state index contributed by atoms with van der Waals surface area (Å²) in [4.78, 5) is 11.0. The molecule has 18 heavy (non-hydrogen) atoms. The van der Waals surface area contributed by atoms with E-state index in [1.54, 1.807) is 7.11 Å². The molecule has 0 spiro atoms. The molecule has 0 amide bonds. The molecule has 1 N–H and O–H groups in total. The fourth-order valence-electron chi connectivity index (χ4n) is 1.51. The summed E-state index contributed by atoms with van der Waals surface area (Å²) in [5, 5.41) is 16.5. The van der Waals surface area contributed by atoms with Crippen molar-refractivity contribution in [3.05, 3.63) is 40.1 Å².